The normalized spacial score (nSPS) is 25.6. The Morgan fingerprint density at radius 3 is 2.41 bits per heavy atom. The lowest BCUT2D eigenvalue weighted by Crippen LogP contribution is -2.42. The topological polar surface area (TPSA) is 144 Å². The van der Waals surface area contributed by atoms with Gasteiger partial charge in [0.2, 0.25) is 11.8 Å². The molecule has 3 heterocycles. The zero-order chi connectivity index (χ0) is 35.6. The van der Waals surface area contributed by atoms with E-state index in [2.05, 4.69) is 10.3 Å². The van der Waals surface area contributed by atoms with Crippen LogP contribution in [0.25, 0.3) is 0 Å². The molecule has 2 saturated carbocycles. The summed E-state index contributed by atoms with van der Waals surface area (Å²) in [5.74, 6) is -1.99. The van der Waals surface area contributed by atoms with Crippen molar-refractivity contribution in [3.63, 3.8) is 0 Å². The van der Waals surface area contributed by atoms with Crippen LogP contribution in [0.5, 0.6) is 11.5 Å². The molecule has 7 atom stereocenters. The van der Waals surface area contributed by atoms with Crippen molar-refractivity contribution in [3.8, 4) is 11.5 Å². The summed E-state index contributed by atoms with van der Waals surface area (Å²) < 4.78 is 16.4. The number of fused-ring (bicyclic) bond motifs is 9. The Morgan fingerprint density at radius 1 is 0.980 bits per heavy atom. The summed E-state index contributed by atoms with van der Waals surface area (Å²) in [6.07, 6.45) is 0.696. The van der Waals surface area contributed by atoms with Crippen molar-refractivity contribution in [2.75, 3.05) is 30.5 Å². The first-order valence-electron chi connectivity index (χ1n) is 16.6. The highest BCUT2D eigenvalue weighted by Gasteiger charge is 2.70. The SMILES string of the molecule is CCOC(=O)c1ccc(N2C(=O)C3C4CC(C3C2=O)C2C4Sc3[nH]c(=O)sc3[C@@H]2c2cc(Cl)ccc2OCC(=O)Nc2ccc(OC)cc2)cc1. The Morgan fingerprint density at radius 2 is 1.71 bits per heavy atom. The van der Waals surface area contributed by atoms with Crippen LogP contribution in [-0.2, 0) is 19.1 Å². The third-order valence-electron chi connectivity index (χ3n) is 10.4. The first-order chi connectivity index (χ1) is 24.7. The number of hydrogen-bond acceptors (Lipinski definition) is 10. The van der Waals surface area contributed by atoms with Crippen molar-refractivity contribution < 1.29 is 33.4 Å². The van der Waals surface area contributed by atoms with Gasteiger partial charge in [-0.25, -0.2) is 4.79 Å². The molecule has 14 heteroatoms. The molecule has 262 valence electrons. The molecule has 2 bridgehead atoms. The van der Waals surface area contributed by atoms with E-state index in [0.29, 0.717) is 39.9 Å². The largest absolute Gasteiger partial charge is 0.497 e. The summed E-state index contributed by atoms with van der Waals surface area (Å²) >= 11 is 9.30. The van der Waals surface area contributed by atoms with Gasteiger partial charge in [0.1, 0.15) is 11.5 Å². The van der Waals surface area contributed by atoms with Crippen molar-refractivity contribution >= 4 is 69.8 Å². The Bertz CT molecular complexity index is 2120. The number of esters is 1. The lowest BCUT2D eigenvalue weighted by atomic mass is 9.68. The number of anilines is 2. The molecule has 2 aliphatic heterocycles. The van der Waals surface area contributed by atoms with Gasteiger partial charge in [-0.05, 0) is 97.8 Å². The lowest BCUT2D eigenvalue weighted by molar-refractivity contribution is -0.123. The zero-order valence-corrected chi connectivity index (χ0v) is 29.8. The van der Waals surface area contributed by atoms with E-state index in [1.165, 1.54) is 4.90 Å². The van der Waals surface area contributed by atoms with Crippen LogP contribution in [0.2, 0.25) is 5.02 Å². The number of carbonyl (C=O) groups is 4. The van der Waals surface area contributed by atoms with E-state index in [9.17, 15) is 24.0 Å². The number of thiazole rings is 1. The highest BCUT2D eigenvalue weighted by atomic mass is 35.5. The minimum atomic E-state index is -0.535. The molecule has 3 fully saturated rings. The molecule has 6 unspecified atom stereocenters. The smallest absolute Gasteiger partial charge is 0.338 e. The number of hydrogen-bond donors (Lipinski definition) is 2. The van der Waals surface area contributed by atoms with Crippen LogP contribution in [0.15, 0.2) is 76.6 Å². The number of rotatable bonds is 9. The first-order valence-corrected chi connectivity index (χ1v) is 18.6. The van der Waals surface area contributed by atoms with Gasteiger partial charge in [-0.15, -0.1) is 11.8 Å². The van der Waals surface area contributed by atoms with Crippen molar-refractivity contribution in [3.05, 3.63) is 97.4 Å². The molecule has 3 aromatic carbocycles. The number of halogens is 1. The van der Waals surface area contributed by atoms with Gasteiger partial charge in [-0.3, -0.25) is 24.1 Å². The molecule has 0 radical (unpaired) electrons. The molecule has 2 aliphatic carbocycles. The fourth-order valence-electron chi connectivity index (χ4n) is 8.49. The quantitative estimate of drug-likeness (QED) is 0.156. The van der Waals surface area contributed by atoms with Crippen LogP contribution < -0.4 is 24.6 Å². The number of imide groups is 1. The number of aromatic amines is 1. The molecule has 1 saturated heterocycles. The molecular weight excluding hydrogens is 714 g/mol. The van der Waals surface area contributed by atoms with Crippen molar-refractivity contribution in [1.29, 1.82) is 0 Å². The van der Waals surface area contributed by atoms with Crippen LogP contribution in [0.1, 0.15) is 40.1 Å². The van der Waals surface area contributed by atoms with Gasteiger partial charge in [0.15, 0.2) is 6.61 Å². The van der Waals surface area contributed by atoms with Crippen molar-refractivity contribution in [2.45, 2.75) is 29.5 Å². The van der Waals surface area contributed by atoms with E-state index in [0.717, 1.165) is 26.8 Å². The molecule has 51 heavy (non-hydrogen) atoms. The number of ether oxygens (including phenoxy) is 3. The maximum Gasteiger partial charge on any atom is 0.338 e. The second-order valence-corrected chi connectivity index (χ2v) is 15.6. The zero-order valence-electron chi connectivity index (χ0n) is 27.4. The molecule has 0 spiro atoms. The number of aromatic nitrogens is 1. The molecule has 1 aromatic heterocycles. The molecule has 8 rings (SSSR count). The summed E-state index contributed by atoms with van der Waals surface area (Å²) in [5, 5.41) is 3.97. The Labute approximate surface area is 305 Å². The number of amides is 3. The summed E-state index contributed by atoms with van der Waals surface area (Å²) in [6.45, 7) is 1.68. The molecule has 4 aliphatic rings. The van der Waals surface area contributed by atoms with Gasteiger partial charge in [-0.1, -0.05) is 22.9 Å². The molecule has 2 N–H and O–H groups in total. The van der Waals surface area contributed by atoms with Gasteiger partial charge in [0.25, 0.3) is 5.91 Å². The van der Waals surface area contributed by atoms with Gasteiger partial charge in [0, 0.05) is 32.3 Å². The molecule has 4 aromatic rings. The Kier molecular flexibility index (Phi) is 8.67. The second kappa shape index (κ2) is 13.2. The summed E-state index contributed by atoms with van der Waals surface area (Å²) in [5.41, 5.74) is 2.06. The molecular formula is C37H32ClN3O8S2. The number of benzene rings is 3. The minimum Gasteiger partial charge on any atom is -0.497 e. The van der Waals surface area contributed by atoms with Gasteiger partial charge < -0.3 is 24.5 Å². The maximum absolute atomic E-state index is 14.2. The number of nitrogens with one attached hydrogen (secondary N) is 2. The van der Waals surface area contributed by atoms with Gasteiger partial charge >= 0.3 is 10.8 Å². The van der Waals surface area contributed by atoms with Crippen molar-refractivity contribution in [1.82, 2.24) is 4.98 Å². The predicted molar refractivity (Wildman–Crippen MR) is 192 cm³/mol. The second-order valence-electron chi connectivity index (χ2n) is 13.0. The minimum absolute atomic E-state index is 0.0629. The van der Waals surface area contributed by atoms with E-state index in [1.807, 2.05) is 6.07 Å². The lowest BCUT2D eigenvalue weighted by Gasteiger charge is -2.43. The Hall–Kier alpha value is -4.59. The highest BCUT2D eigenvalue weighted by molar-refractivity contribution is 8.00. The van der Waals surface area contributed by atoms with E-state index in [1.54, 1.807) is 86.5 Å². The van der Waals surface area contributed by atoms with Gasteiger partial charge in [0.05, 0.1) is 41.8 Å². The third-order valence-corrected chi connectivity index (χ3v) is 13.2. The summed E-state index contributed by atoms with van der Waals surface area (Å²) in [7, 11) is 1.57. The van der Waals surface area contributed by atoms with E-state index < -0.39 is 17.8 Å². The average Bonchev–Trinajstić information content (AvgIpc) is 3.87. The van der Waals surface area contributed by atoms with Crippen LogP contribution in [-0.4, -0.2) is 54.2 Å². The summed E-state index contributed by atoms with van der Waals surface area (Å²) in [4.78, 5) is 71.2. The Balaban J connectivity index is 1.10. The van der Waals surface area contributed by atoms with Crippen molar-refractivity contribution in [2.24, 2.45) is 29.6 Å². The van der Waals surface area contributed by atoms with E-state index >= 15 is 0 Å². The van der Waals surface area contributed by atoms with Crippen LogP contribution in [0.4, 0.5) is 11.4 Å². The number of H-pyrrole nitrogens is 1. The van der Waals surface area contributed by atoms with E-state index in [4.69, 9.17) is 25.8 Å². The van der Waals surface area contributed by atoms with Crippen LogP contribution in [0, 0.1) is 29.6 Å². The highest BCUT2D eigenvalue weighted by Crippen LogP contribution is 2.69. The number of nitrogens with zero attached hydrogens (tertiary/aromatic N) is 1. The fourth-order valence-corrected chi connectivity index (χ4v) is 11.5. The van der Waals surface area contributed by atoms with Gasteiger partial charge in [-0.2, -0.15) is 0 Å². The monoisotopic (exact) mass is 745 g/mol. The standard InChI is InChI=1S/C37H32ClN3O8S2/c1-3-48-36(45)17-4-9-20(10-5-17)41-34(43)29-23-15-24(30(29)35(41)44)31-28(23)27(32-33(50-31)40-37(46)51-32)22-14-18(38)6-13-25(22)49-16-26(42)39-19-7-11-21(47-2)12-8-19/h4-14,23-24,27-31H,3,15-16H2,1-2H3,(H,39,42)(H,40,46)/t23?,24?,27-,28?,29?,30?,31?/m1/s1. The number of thioether (sulfide) groups is 1. The number of methoxy groups -OCH3 is 1. The summed E-state index contributed by atoms with van der Waals surface area (Å²) in [6, 6.07) is 18.5. The maximum atomic E-state index is 14.2. The molecule has 3 amide bonds. The average molecular weight is 746 g/mol. The fraction of sp³-hybridized carbons (Fsp3) is 0.324. The van der Waals surface area contributed by atoms with E-state index in [-0.39, 0.29) is 64.7 Å². The first kappa shape index (κ1) is 33.5. The number of carbonyl (C=O) groups excluding carboxylic acids is 4. The third kappa shape index (κ3) is 5.71. The predicted octanol–water partition coefficient (Wildman–Crippen LogP) is 5.97. The van der Waals surface area contributed by atoms with Crippen LogP contribution in [0.3, 0.4) is 0 Å². The van der Waals surface area contributed by atoms with Crippen LogP contribution >= 0.6 is 34.7 Å². The molecule has 11 nitrogen and oxygen atoms in total.